The lowest BCUT2D eigenvalue weighted by molar-refractivity contribution is -0.113. The first-order chi connectivity index (χ1) is 16.5. The number of hydrogen-bond donors (Lipinski definition) is 3. The van der Waals surface area contributed by atoms with Gasteiger partial charge in [0.25, 0.3) is 5.95 Å². The molecular weight excluding hydrogens is 450 g/mol. The van der Waals surface area contributed by atoms with E-state index in [1.807, 2.05) is 44.2 Å². The molecule has 0 saturated carbocycles. The van der Waals surface area contributed by atoms with Crippen LogP contribution in [-0.2, 0) is 4.79 Å². The Morgan fingerprint density at radius 3 is 2.68 bits per heavy atom. The molecule has 0 aliphatic heterocycles. The zero-order chi connectivity index (χ0) is 23.9. The number of nitrogens with one attached hydrogen (secondary N) is 2. The molecule has 3 aromatic carbocycles. The number of rotatable bonds is 9. The van der Waals surface area contributed by atoms with Crippen molar-refractivity contribution < 1.29 is 9.53 Å². The predicted molar refractivity (Wildman–Crippen MR) is 137 cm³/mol. The van der Waals surface area contributed by atoms with E-state index in [1.165, 1.54) is 21.8 Å². The molecule has 1 aromatic heterocycles. The van der Waals surface area contributed by atoms with Gasteiger partial charge in [-0.2, -0.15) is 5.10 Å². The molecule has 0 atom stereocenters. The summed E-state index contributed by atoms with van der Waals surface area (Å²) in [6.07, 6.45) is 0. The van der Waals surface area contributed by atoms with Gasteiger partial charge in [0.15, 0.2) is 0 Å². The summed E-state index contributed by atoms with van der Waals surface area (Å²) in [5.41, 5.74) is 5.22. The van der Waals surface area contributed by atoms with Crippen LogP contribution in [0.15, 0.2) is 77.0 Å². The summed E-state index contributed by atoms with van der Waals surface area (Å²) in [5.74, 6) is 6.88. The van der Waals surface area contributed by atoms with Crippen LogP contribution in [-0.4, -0.2) is 38.9 Å². The zero-order valence-electron chi connectivity index (χ0n) is 18.9. The number of hydrogen-bond acceptors (Lipinski definition) is 8. The van der Waals surface area contributed by atoms with Gasteiger partial charge in [-0.15, -0.1) is 10.2 Å². The van der Waals surface area contributed by atoms with E-state index in [9.17, 15) is 4.79 Å². The van der Waals surface area contributed by atoms with Crippen molar-refractivity contribution >= 4 is 45.8 Å². The van der Waals surface area contributed by atoms with E-state index >= 15 is 0 Å². The summed E-state index contributed by atoms with van der Waals surface area (Å²) in [6, 6.07) is 21.6. The Morgan fingerprint density at radius 2 is 1.85 bits per heavy atom. The summed E-state index contributed by atoms with van der Waals surface area (Å²) in [4.78, 5) is 12.4. The Bertz CT molecular complexity index is 1340. The van der Waals surface area contributed by atoms with Crippen molar-refractivity contribution in [2.45, 2.75) is 19.0 Å². The number of anilines is 2. The number of ether oxygens (including phenoxy) is 1. The van der Waals surface area contributed by atoms with E-state index in [0.29, 0.717) is 23.2 Å². The third-order valence-corrected chi connectivity index (χ3v) is 5.89. The Morgan fingerprint density at radius 1 is 1.09 bits per heavy atom. The maximum absolute atomic E-state index is 12.4. The number of amides is 1. The van der Waals surface area contributed by atoms with Crippen LogP contribution in [0.4, 0.5) is 11.6 Å². The molecule has 0 unspecified atom stereocenters. The predicted octanol–water partition coefficient (Wildman–Crippen LogP) is 4.11. The smallest absolute Gasteiger partial charge is 0.264 e. The minimum Gasteiger partial charge on any atom is -0.492 e. The molecule has 0 fully saturated rings. The van der Waals surface area contributed by atoms with Crippen LogP contribution in [0, 0.1) is 0 Å². The summed E-state index contributed by atoms with van der Waals surface area (Å²) < 4.78 is 6.80. The van der Waals surface area contributed by atoms with Crippen LogP contribution in [0.5, 0.6) is 5.75 Å². The molecule has 1 amide bonds. The third kappa shape index (κ3) is 5.46. The first-order valence-corrected chi connectivity index (χ1v) is 11.7. The molecule has 34 heavy (non-hydrogen) atoms. The molecule has 0 bridgehead atoms. The lowest BCUT2D eigenvalue weighted by atomic mass is 10.0. The lowest BCUT2D eigenvalue weighted by Crippen LogP contribution is -2.17. The number of fused-ring (bicyclic) bond motifs is 1. The molecule has 0 spiro atoms. The highest BCUT2D eigenvalue weighted by Gasteiger charge is 2.13. The van der Waals surface area contributed by atoms with Crippen LogP contribution < -0.4 is 21.3 Å². The van der Waals surface area contributed by atoms with Gasteiger partial charge < -0.3 is 15.9 Å². The normalized spacial score (nSPS) is 11.4. The number of hydrazone groups is 1. The molecule has 0 aliphatic rings. The fraction of sp³-hybridized carbons (Fsp3) is 0.167. The summed E-state index contributed by atoms with van der Waals surface area (Å²) in [7, 11) is 0. The Hall–Kier alpha value is -4.05. The fourth-order valence-electron chi connectivity index (χ4n) is 3.23. The fourth-order valence-corrected chi connectivity index (χ4v) is 3.89. The molecule has 0 saturated heterocycles. The van der Waals surface area contributed by atoms with Crippen molar-refractivity contribution in [2.75, 3.05) is 28.9 Å². The van der Waals surface area contributed by atoms with E-state index in [4.69, 9.17) is 10.6 Å². The molecule has 4 rings (SSSR count). The molecule has 174 valence electrons. The average Bonchev–Trinajstić information content (AvgIpc) is 3.21. The molecule has 10 heteroatoms. The van der Waals surface area contributed by atoms with Crippen molar-refractivity contribution in [3.05, 3.63) is 72.3 Å². The monoisotopic (exact) mass is 475 g/mol. The first-order valence-electron chi connectivity index (χ1n) is 10.7. The van der Waals surface area contributed by atoms with Crippen molar-refractivity contribution in [3.8, 4) is 5.75 Å². The van der Waals surface area contributed by atoms with Crippen LogP contribution >= 0.6 is 11.8 Å². The number of carbonyl (C=O) groups is 1. The van der Waals surface area contributed by atoms with Crippen molar-refractivity contribution in [2.24, 2.45) is 5.10 Å². The maximum atomic E-state index is 12.4. The van der Waals surface area contributed by atoms with Gasteiger partial charge in [0.1, 0.15) is 5.75 Å². The Kier molecular flexibility index (Phi) is 7.28. The van der Waals surface area contributed by atoms with E-state index in [1.54, 1.807) is 12.1 Å². The molecule has 0 radical (unpaired) electrons. The van der Waals surface area contributed by atoms with Crippen molar-refractivity contribution in [1.82, 2.24) is 14.9 Å². The molecule has 1 heterocycles. The SMILES string of the molecule is CCOc1ccccc1NC(=O)CSc1nnc(N/N=C(\C)c2ccc3ccccc3c2)n1N. The molecular formula is C24H25N7O2S. The standard InChI is InChI=1S/C24H25N7O2S/c1-3-33-21-11-7-6-10-20(21)26-22(32)15-34-24-30-29-23(31(24)25)28-27-16(2)18-13-12-17-8-4-5-9-19(17)14-18/h4-14H,3,15,25H2,1-2H3,(H,26,32)(H,28,29)/b27-16+. The Labute approximate surface area is 201 Å². The van der Waals surface area contributed by atoms with Gasteiger partial charge in [-0.3, -0.25) is 4.79 Å². The second kappa shape index (κ2) is 10.7. The van der Waals surface area contributed by atoms with Gasteiger partial charge in [0.05, 0.1) is 23.8 Å². The van der Waals surface area contributed by atoms with E-state index < -0.39 is 0 Å². The van der Waals surface area contributed by atoms with Crippen molar-refractivity contribution in [1.29, 1.82) is 0 Å². The highest BCUT2D eigenvalue weighted by Crippen LogP contribution is 2.24. The molecule has 9 nitrogen and oxygen atoms in total. The van der Waals surface area contributed by atoms with Crippen molar-refractivity contribution in [3.63, 3.8) is 0 Å². The Balaban J connectivity index is 1.36. The summed E-state index contributed by atoms with van der Waals surface area (Å²) >= 11 is 1.17. The number of aromatic nitrogens is 3. The highest BCUT2D eigenvalue weighted by atomic mass is 32.2. The number of nitrogens with two attached hydrogens (primary N) is 1. The minimum atomic E-state index is -0.208. The number of nitrogens with zero attached hydrogens (tertiary/aromatic N) is 4. The van der Waals surface area contributed by atoms with Gasteiger partial charge in [-0.1, -0.05) is 60.3 Å². The van der Waals surface area contributed by atoms with E-state index in [0.717, 1.165) is 16.7 Å². The molecule has 4 aromatic rings. The zero-order valence-corrected chi connectivity index (χ0v) is 19.7. The van der Waals surface area contributed by atoms with E-state index in [2.05, 4.69) is 50.3 Å². The topological polar surface area (TPSA) is 119 Å². The van der Waals surface area contributed by atoms with Gasteiger partial charge >= 0.3 is 0 Å². The maximum Gasteiger partial charge on any atom is 0.264 e. The quantitative estimate of drug-likeness (QED) is 0.144. The van der Waals surface area contributed by atoms with E-state index in [-0.39, 0.29) is 17.6 Å². The van der Waals surface area contributed by atoms with Crippen LogP contribution in [0.2, 0.25) is 0 Å². The molecule has 4 N–H and O–H groups in total. The largest absolute Gasteiger partial charge is 0.492 e. The number of para-hydroxylation sites is 2. The average molecular weight is 476 g/mol. The number of thioether (sulfide) groups is 1. The van der Waals surface area contributed by atoms with Gasteiger partial charge in [-0.25, -0.2) is 10.1 Å². The van der Waals surface area contributed by atoms with Crippen LogP contribution in [0.25, 0.3) is 10.8 Å². The van der Waals surface area contributed by atoms with Gasteiger partial charge in [0.2, 0.25) is 11.1 Å². The highest BCUT2D eigenvalue weighted by molar-refractivity contribution is 7.99. The lowest BCUT2D eigenvalue weighted by Gasteiger charge is -2.11. The second-order valence-electron chi connectivity index (χ2n) is 7.31. The van der Waals surface area contributed by atoms with Crippen LogP contribution in [0.3, 0.4) is 0 Å². The summed E-state index contributed by atoms with van der Waals surface area (Å²) in [6.45, 7) is 4.30. The third-order valence-electron chi connectivity index (χ3n) is 4.95. The molecule has 0 aliphatic carbocycles. The van der Waals surface area contributed by atoms with Gasteiger partial charge in [0, 0.05) is 0 Å². The van der Waals surface area contributed by atoms with Crippen LogP contribution in [0.1, 0.15) is 19.4 Å². The number of benzene rings is 3. The number of carbonyl (C=O) groups excluding carboxylic acids is 1. The number of nitrogen functional groups attached to an aromatic ring is 1. The second-order valence-corrected chi connectivity index (χ2v) is 8.26. The minimum absolute atomic E-state index is 0.106. The van der Waals surface area contributed by atoms with Gasteiger partial charge in [-0.05, 0) is 48.4 Å². The summed E-state index contributed by atoms with van der Waals surface area (Å²) in [5, 5.41) is 18.0. The first kappa shape index (κ1) is 23.1.